The molecule has 1 heterocycles. The average molecular weight is 530 g/mol. The van der Waals surface area contributed by atoms with E-state index in [4.69, 9.17) is 9.47 Å². The number of nitrogens with one attached hydrogen (secondary N) is 2. The first-order valence-corrected chi connectivity index (χ1v) is 13.6. The van der Waals surface area contributed by atoms with E-state index in [1.807, 2.05) is 30.3 Å². The zero-order chi connectivity index (χ0) is 26.7. The van der Waals surface area contributed by atoms with E-state index < -0.39 is 10.0 Å². The lowest BCUT2D eigenvalue weighted by Gasteiger charge is -2.11. The molecule has 2 N–H and O–H groups in total. The van der Waals surface area contributed by atoms with Crippen molar-refractivity contribution in [3.63, 3.8) is 0 Å². The van der Waals surface area contributed by atoms with Gasteiger partial charge in [-0.25, -0.2) is 8.42 Å². The number of amides is 1. The Morgan fingerprint density at radius 2 is 1.58 bits per heavy atom. The Bertz CT molecular complexity index is 1730. The highest BCUT2D eigenvalue weighted by Gasteiger charge is 2.15. The van der Waals surface area contributed by atoms with Gasteiger partial charge >= 0.3 is 0 Å². The van der Waals surface area contributed by atoms with Gasteiger partial charge in [0.1, 0.15) is 11.5 Å². The first-order valence-electron chi connectivity index (χ1n) is 12.1. The standard InChI is InChI=1S/C29H27N3O5S/c1-3-32-27-10-5-4-9-25(27)26-18-20(11-16-28(26)32)30-29(33)19-37-22-12-14-24(15-13-22)38(34,35)31-21-7-6-8-23(17-21)36-2/h4-18,31H,3,19H2,1-2H3,(H,30,33). The number of hydrogen-bond donors (Lipinski definition) is 2. The molecule has 0 saturated carbocycles. The number of carbonyl (C=O) groups excluding carboxylic acids is 1. The molecule has 0 saturated heterocycles. The van der Waals surface area contributed by atoms with Crippen LogP contribution in [0.25, 0.3) is 21.8 Å². The highest BCUT2D eigenvalue weighted by atomic mass is 32.2. The van der Waals surface area contributed by atoms with Crippen LogP contribution in [-0.2, 0) is 21.4 Å². The van der Waals surface area contributed by atoms with Gasteiger partial charge in [-0.15, -0.1) is 0 Å². The molecule has 1 aromatic heterocycles. The van der Waals surface area contributed by atoms with Gasteiger partial charge in [0.25, 0.3) is 15.9 Å². The van der Waals surface area contributed by atoms with Crippen LogP contribution in [0.15, 0.2) is 95.9 Å². The molecule has 38 heavy (non-hydrogen) atoms. The van der Waals surface area contributed by atoms with Crippen molar-refractivity contribution in [2.24, 2.45) is 0 Å². The first kappa shape index (κ1) is 25.2. The fraction of sp³-hybridized carbons (Fsp3) is 0.138. The lowest BCUT2D eigenvalue weighted by molar-refractivity contribution is -0.118. The Morgan fingerprint density at radius 3 is 2.34 bits per heavy atom. The van der Waals surface area contributed by atoms with Gasteiger partial charge in [-0.1, -0.05) is 24.3 Å². The Kier molecular flexibility index (Phi) is 6.93. The number of sulfonamides is 1. The summed E-state index contributed by atoms with van der Waals surface area (Å²) in [7, 11) is -2.29. The lowest BCUT2D eigenvalue weighted by atomic mass is 10.1. The van der Waals surface area contributed by atoms with Crippen LogP contribution in [0, 0.1) is 0 Å². The van der Waals surface area contributed by atoms with Gasteiger partial charge in [-0.05, 0) is 67.6 Å². The molecular formula is C29H27N3O5S. The van der Waals surface area contributed by atoms with E-state index in [2.05, 4.69) is 33.7 Å². The number of aromatic nitrogens is 1. The van der Waals surface area contributed by atoms with Crippen molar-refractivity contribution >= 4 is 49.1 Å². The molecule has 0 radical (unpaired) electrons. The van der Waals surface area contributed by atoms with Crippen LogP contribution in [0.1, 0.15) is 6.92 Å². The molecular weight excluding hydrogens is 502 g/mol. The molecule has 5 aromatic rings. The number of ether oxygens (including phenoxy) is 2. The van der Waals surface area contributed by atoms with E-state index in [9.17, 15) is 13.2 Å². The minimum atomic E-state index is -3.80. The molecule has 0 aliphatic heterocycles. The van der Waals surface area contributed by atoms with Crippen LogP contribution in [-0.4, -0.2) is 32.6 Å². The molecule has 0 aliphatic rings. The number of hydrogen-bond acceptors (Lipinski definition) is 5. The molecule has 0 bridgehead atoms. The Balaban J connectivity index is 1.23. The fourth-order valence-corrected chi connectivity index (χ4v) is 5.48. The molecule has 4 aromatic carbocycles. The minimum Gasteiger partial charge on any atom is -0.497 e. The number of benzene rings is 4. The van der Waals surface area contributed by atoms with Crippen molar-refractivity contribution in [2.45, 2.75) is 18.4 Å². The number of aryl methyl sites for hydroxylation is 1. The van der Waals surface area contributed by atoms with E-state index >= 15 is 0 Å². The second-order valence-electron chi connectivity index (χ2n) is 8.64. The summed E-state index contributed by atoms with van der Waals surface area (Å²) in [6.07, 6.45) is 0. The Hall–Kier alpha value is -4.50. The summed E-state index contributed by atoms with van der Waals surface area (Å²) in [5.74, 6) is 0.599. The van der Waals surface area contributed by atoms with E-state index in [1.165, 1.54) is 31.4 Å². The summed E-state index contributed by atoms with van der Waals surface area (Å²) in [6.45, 7) is 2.74. The lowest BCUT2D eigenvalue weighted by Crippen LogP contribution is -2.20. The topological polar surface area (TPSA) is 98.7 Å². The van der Waals surface area contributed by atoms with Crippen molar-refractivity contribution in [3.05, 3.63) is 91.0 Å². The van der Waals surface area contributed by atoms with Gasteiger partial charge < -0.3 is 19.4 Å². The maximum absolute atomic E-state index is 12.7. The molecule has 0 fully saturated rings. The number of para-hydroxylation sites is 1. The number of methoxy groups -OCH3 is 1. The van der Waals surface area contributed by atoms with Crippen molar-refractivity contribution < 1.29 is 22.7 Å². The molecule has 0 unspecified atom stereocenters. The molecule has 5 rings (SSSR count). The Morgan fingerprint density at radius 1 is 0.816 bits per heavy atom. The maximum atomic E-state index is 12.7. The fourth-order valence-electron chi connectivity index (χ4n) is 4.43. The molecule has 8 nitrogen and oxygen atoms in total. The average Bonchev–Trinajstić information content (AvgIpc) is 3.25. The number of rotatable bonds is 9. The number of nitrogens with zero attached hydrogens (tertiary/aromatic N) is 1. The second-order valence-corrected chi connectivity index (χ2v) is 10.3. The van der Waals surface area contributed by atoms with Crippen molar-refractivity contribution in [3.8, 4) is 11.5 Å². The zero-order valence-corrected chi connectivity index (χ0v) is 21.8. The van der Waals surface area contributed by atoms with Gasteiger partial charge in [0, 0.05) is 40.1 Å². The third-order valence-corrected chi connectivity index (χ3v) is 7.60. The third-order valence-electron chi connectivity index (χ3n) is 6.20. The quantitative estimate of drug-likeness (QED) is 0.257. The van der Waals surface area contributed by atoms with Crippen LogP contribution < -0.4 is 19.5 Å². The smallest absolute Gasteiger partial charge is 0.262 e. The summed E-state index contributed by atoms with van der Waals surface area (Å²) >= 11 is 0. The van der Waals surface area contributed by atoms with Gasteiger partial charge in [0.2, 0.25) is 0 Å². The van der Waals surface area contributed by atoms with Gasteiger partial charge in [0.05, 0.1) is 17.7 Å². The normalized spacial score (nSPS) is 11.4. The molecule has 0 spiro atoms. The van der Waals surface area contributed by atoms with Crippen LogP contribution in [0.4, 0.5) is 11.4 Å². The predicted molar refractivity (Wildman–Crippen MR) is 149 cm³/mol. The van der Waals surface area contributed by atoms with Gasteiger partial charge in [-0.2, -0.15) is 0 Å². The van der Waals surface area contributed by atoms with Crippen LogP contribution in [0.5, 0.6) is 11.5 Å². The number of fused-ring (bicyclic) bond motifs is 3. The third kappa shape index (κ3) is 5.14. The molecule has 0 atom stereocenters. The highest BCUT2D eigenvalue weighted by Crippen LogP contribution is 2.31. The minimum absolute atomic E-state index is 0.0664. The zero-order valence-electron chi connectivity index (χ0n) is 21.0. The van der Waals surface area contributed by atoms with Gasteiger partial charge in [0.15, 0.2) is 6.61 Å². The van der Waals surface area contributed by atoms with Crippen LogP contribution in [0.3, 0.4) is 0 Å². The monoisotopic (exact) mass is 529 g/mol. The van der Waals surface area contributed by atoms with Crippen LogP contribution in [0.2, 0.25) is 0 Å². The van der Waals surface area contributed by atoms with E-state index in [1.54, 1.807) is 24.3 Å². The number of carbonyl (C=O) groups is 1. The van der Waals surface area contributed by atoms with Crippen molar-refractivity contribution in [1.29, 1.82) is 0 Å². The summed E-state index contributed by atoms with van der Waals surface area (Å²) in [6, 6.07) is 26.6. The molecule has 194 valence electrons. The van der Waals surface area contributed by atoms with Crippen LogP contribution >= 0.6 is 0 Å². The summed E-state index contributed by atoms with van der Waals surface area (Å²) in [5, 5.41) is 5.08. The summed E-state index contributed by atoms with van der Waals surface area (Å²) in [5.41, 5.74) is 3.33. The van der Waals surface area contributed by atoms with E-state index in [0.717, 1.165) is 28.4 Å². The highest BCUT2D eigenvalue weighted by molar-refractivity contribution is 7.92. The second kappa shape index (κ2) is 10.5. The number of anilines is 2. The van der Waals surface area contributed by atoms with Gasteiger partial charge in [-0.3, -0.25) is 9.52 Å². The van der Waals surface area contributed by atoms with Crippen molar-refractivity contribution in [2.75, 3.05) is 23.8 Å². The van der Waals surface area contributed by atoms with E-state index in [0.29, 0.717) is 22.9 Å². The molecule has 9 heteroatoms. The Labute approximate surface area is 220 Å². The molecule has 0 aliphatic carbocycles. The predicted octanol–water partition coefficient (Wildman–Crippen LogP) is 5.64. The van der Waals surface area contributed by atoms with E-state index in [-0.39, 0.29) is 17.4 Å². The first-order chi connectivity index (χ1) is 18.4. The largest absolute Gasteiger partial charge is 0.497 e. The van der Waals surface area contributed by atoms with Crippen molar-refractivity contribution in [1.82, 2.24) is 4.57 Å². The maximum Gasteiger partial charge on any atom is 0.262 e. The SMILES string of the molecule is CCn1c2ccccc2c2cc(NC(=O)COc3ccc(S(=O)(=O)Nc4cccc(OC)c4)cc3)ccc21. The molecule has 1 amide bonds. The summed E-state index contributed by atoms with van der Waals surface area (Å²) in [4.78, 5) is 12.6. The summed E-state index contributed by atoms with van der Waals surface area (Å²) < 4.78 is 40.9.